The van der Waals surface area contributed by atoms with E-state index >= 15 is 0 Å². The number of Topliss-reactive ketones (excluding diaryl/α,β-unsaturated/α-hetero) is 1. The molecule has 0 aromatic heterocycles. The fraction of sp³-hybridized carbons (Fsp3) is 0.429. The van der Waals surface area contributed by atoms with Crippen molar-refractivity contribution in [1.82, 2.24) is 4.90 Å². The van der Waals surface area contributed by atoms with Crippen LogP contribution in [0, 0.1) is 0 Å². The molecule has 5 heteroatoms. The third kappa shape index (κ3) is 3.62. The number of rotatable bonds is 5. The van der Waals surface area contributed by atoms with Crippen molar-refractivity contribution < 1.29 is 14.3 Å². The van der Waals surface area contributed by atoms with E-state index in [4.69, 9.17) is 10.5 Å². The van der Waals surface area contributed by atoms with Gasteiger partial charge >= 0.3 is 0 Å². The zero-order chi connectivity index (χ0) is 13.7. The fourth-order valence-corrected chi connectivity index (χ4v) is 2.23. The van der Waals surface area contributed by atoms with Crippen LogP contribution in [0.3, 0.4) is 0 Å². The second kappa shape index (κ2) is 6.45. The zero-order valence-electron chi connectivity index (χ0n) is 10.7. The van der Waals surface area contributed by atoms with E-state index in [9.17, 15) is 9.59 Å². The van der Waals surface area contributed by atoms with E-state index in [1.54, 1.807) is 24.3 Å². The first kappa shape index (κ1) is 13.7. The second-order valence-corrected chi connectivity index (χ2v) is 4.60. The third-order valence-corrected chi connectivity index (χ3v) is 3.22. The lowest BCUT2D eigenvalue weighted by Crippen LogP contribution is -2.42. The number of ether oxygens (including phenoxy) is 1. The number of primary amides is 1. The van der Waals surface area contributed by atoms with Gasteiger partial charge in [0, 0.05) is 13.1 Å². The number of benzene rings is 1. The molecule has 1 aliphatic rings. The van der Waals surface area contributed by atoms with Crippen LogP contribution in [0.1, 0.15) is 11.5 Å². The Morgan fingerprint density at radius 3 is 2.42 bits per heavy atom. The van der Waals surface area contributed by atoms with Crippen LogP contribution in [-0.4, -0.2) is 49.4 Å². The average molecular weight is 262 g/mol. The van der Waals surface area contributed by atoms with E-state index in [0.717, 1.165) is 0 Å². The summed E-state index contributed by atoms with van der Waals surface area (Å²) in [6, 6.07) is 8.95. The summed E-state index contributed by atoms with van der Waals surface area (Å²) in [5.74, 6) is -1.60. The maximum absolute atomic E-state index is 12.3. The Morgan fingerprint density at radius 1 is 1.21 bits per heavy atom. The third-order valence-electron chi connectivity index (χ3n) is 3.22. The lowest BCUT2D eigenvalue weighted by atomic mass is 9.93. The lowest BCUT2D eigenvalue weighted by Gasteiger charge is -2.27. The molecule has 102 valence electrons. The average Bonchev–Trinajstić information content (AvgIpc) is 2.40. The maximum Gasteiger partial charge on any atom is 0.232 e. The number of amides is 1. The van der Waals surface area contributed by atoms with Gasteiger partial charge in [0.1, 0.15) is 5.92 Å². The van der Waals surface area contributed by atoms with Crippen LogP contribution >= 0.6 is 0 Å². The first-order valence-corrected chi connectivity index (χ1v) is 6.35. The van der Waals surface area contributed by atoms with Gasteiger partial charge in [-0.3, -0.25) is 14.5 Å². The zero-order valence-corrected chi connectivity index (χ0v) is 10.7. The Balaban J connectivity index is 2.06. The van der Waals surface area contributed by atoms with Crippen molar-refractivity contribution in [3.05, 3.63) is 35.9 Å². The first-order valence-electron chi connectivity index (χ1n) is 6.35. The fourth-order valence-electron chi connectivity index (χ4n) is 2.23. The molecule has 1 fully saturated rings. The molecule has 0 bridgehead atoms. The van der Waals surface area contributed by atoms with Crippen LogP contribution in [0.2, 0.25) is 0 Å². The van der Waals surface area contributed by atoms with Gasteiger partial charge in [-0.1, -0.05) is 30.3 Å². The van der Waals surface area contributed by atoms with E-state index < -0.39 is 11.8 Å². The summed E-state index contributed by atoms with van der Waals surface area (Å²) >= 11 is 0. The molecule has 1 saturated heterocycles. The molecule has 19 heavy (non-hydrogen) atoms. The van der Waals surface area contributed by atoms with Crippen LogP contribution in [0.15, 0.2) is 30.3 Å². The van der Waals surface area contributed by atoms with Gasteiger partial charge in [-0.15, -0.1) is 0 Å². The minimum atomic E-state index is -0.857. The van der Waals surface area contributed by atoms with Crippen molar-refractivity contribution >= 4 is 11.7 Å². The van der Waals surface area contributed by atoms with E-state index in [2.05, 4.69) is 0 Å². The molecule has 1 aliphatic heterocycles. The molecule has 5 nitrogen and oxygen atoms in total. The molecule has 0 saturated carbocycles. The van der Waals surface area contributed by atoms with Crippen molar-refractivity contribution in [3.63, 3.8) is 0 Å². The van der Waals surface area contributed by atoms with Crippen LogP contribution in [-0.2, 0) is 14.3 Å². The van der Waals surface area contributed by atoms with Crippen LogP contribution in [0.25, 0.3) is 0 Å². The van der Waals surface area contributed by atoms with E-state index in [1.165, 1.54) is 0 Å². The summed E-state index contributed by atoms with van der Waals surface area (Å²) in [5, 5.41) is 0. The van der Waals surface area contributed by atoms with Crippen LogP contribution in [0.4, 0.5) is 0 Å². The molecule has 0 aliphatic carbocycles. The molecule has 2 rings (SSSR count). The number of ketones is 1. The molecule has 0 radical (unpaired) electrons. The Bertz CT molecular complexity index is 441. The number of hydrogen-bond donors (Lipinski definition) is 1. The second-order valence-electron chi connectivity index (χ2n) is 4.60. The minimum Gasteiger partial charge on any atom is -0.379 e. The van der Waals surface area contributed by atoms with Gasteiger partial charge in [0.05, 0.1) is 19.8 Å². The number of carbonyl (C=O) groups is 2. The number of nitrogens with zero attached hydrogens (tertiary/aromatic N) is 1. The van der Waals surface area contributed by atoms with Crippen LogP contribution < -0.4 is 5.73 Å². The quantitative estimate of drug-likeness (QED) is 0.767. The summed E-state index contributed by atoms with van der Waals surface area (Å²) in [6.07, 6.45) is 0. The SMILES string of the molecule is NC(=O)C(C(=O)CN1CCOCC1)c1ccccc1. The molecular weight excluding hydrogens is 244 g/mol. The van der Waals surface area contributed by atoms with Gasteiger partial charge < -0.3 is 10.5 Å². The van der Waals surface area contributed by atoms with Gasteiger partial charge in [0.15, 0.2) is 5.78 Å². The molecule has 1 aromatic carbocycles. The molecular formula is C14H18N2O3. The predicted octanol–water partition coefficient (Wildman–Crippen LogP) is 0.157. The monoisotopic (exact) mass is 262 g/mol. The number of nitrogens with two attached hydrogens (primary N) is 1. The Kier molecular flexibility index (Phi) is 4.65. The molecule has 2 N–H and O–H groups in total. The molecule has 1 amide bonds. The molecule has 1 heterocycles. The van der Waals surface area contributed by atoms with Crippen molar-refractivity contribution in [2.24, 2.45) is 5.73 Å². The van der Waals surface area contributed by atoms with Crippen molar-refractivity contribution in [3.8, 4) is 0 Å². The highest BCUT2D eigenvalue weighted by Crippen LogP contribution is 2.17. The number of hydrogen-bond acceptors (Lipinski definition) is 4. The highest BCUT2D eigenvalue weighted by molar-refractivity contribution is 6.06. The van der Waals surface area contributed by atoms with Crippen LogP contribution in [0.5, 0.6) is 0 Å². The van der Waals surface area contributed by atoms with Gasteiger partial charge in [0.25, 0.3) is 0 Å². The normalized spacial score (nSPS) is 17.9. The Hall–Kier alpha value is -1.72. The van der Waals surface area contributed by atoms with Gasteiger partial charge in [0.2, 0.25) is 5.91 Å². The van der Waals surface area contributed by atoms with Gasteiger partial charge in [-0.2, -0.15) is 0 Å². The smallest absolute Gasteiger partial charge is 0.232 e. The summed E-state index contributed by atoms with van der Waals surface area (Å²) in [6.45, 7) is 2.92. The molecule has 0 spiro atoms. The van der Waals surface area contributed by atoms with E-state index in [-0.39, 0.29) is 12.3 Å². The summed E-state index contributed by atoms with van der Waals surface area (Å²) < 4.78 is 5.23. The summed E-state index contributed by atoms with van der Waals surface area (Å²) in [4.78, 5) is 25.8. The number of morpholine rings is 1. The maximum atomic E-state index is 12.3. The Morgan fingerprint density at radius 2 is 1.84 bits per heavy atom. The van der Waals surface area contributed by atoms with Gasteiger partial charge in [-0.05, 0) is 5.56 Å². The van der Waals surface area contributed by atoms with Gasteiger partial charge in [-0.25, -0.2) is 0 Å². The van der Waals surface area contributed by atoms with E-state index in [1.807, 2.05) is 11.0 Å². The predicted molar refractivity (Wildman–Crippen MR) is 70.6 cm³/mol. The largest absolute Gasteiger partial charge is 0.379 e. The van der Waals surface area contributed by atoms with Crippen molar-refractivity contribution in [1.29, 1.82) is 0 Å². The summed E-state index contributed by atoms with van der Waals surface area (Å²) in [5.41, 5.74) is 6.03. The van der Waals surface area contributed by atoms with E-state index in [0.29, 0.717) is 31.9 Å². The highest BCUT2D eigenvalue weighted by atomic mass is 16.5. The molecule has 1 unspecified atom stereocenters. The standard InChI is InChI=1S/C14H18N2O3/c15-14(18)13(11-4-2-1-3-5-11)12(17)10-16-6-8-19-9-7-16/h1-5,13H,6-10H2,(H2,15,18). The number of carbonyl (C=O) groups excluding carboxylic acids is 2. The first-order chi connectivity index (χ1) is 9.18. The molecule has 1 aromatic rings. The van der Waals surface area contributed by atoms with Crippen molar-refractivity contribution in [2.45, 2.75) is 5.92 Å². The highest BCUT2D eigenvalue weighted by Gasteiger charge is 2.27. The minimum absolute atomic E-state index is 0.152. The van der Waals surface area contributed by atoms with Crippen molar-refractivity contribution in [2.75, 3.05) is 32.8 Å². The molecule has 1 atom stereocenters. The Labute approximate surface area is 112 Å². The summed E-state index contributed by atoms with van der Waals surface area (Å²) in [7, 11) is 0. The lowest BCUT2D eigenvalue weighted by molar-refractivity contribution is -0.129. The topological polar surface area (TPSA) is 72.6 Å².